The summed E-state index contributed by atoms with van der Waals surface area (Å²) in [6.45, 7) is 8.25. The highest BCUT2D eigenvalue weighted by Crippen LogP contribution is 2.41. The van der Waals surface area contributed by atoms with Crippen molar-refractivity contribution in [3.05, 3.63) is 158 Å². The first-order valence-electron chi connectivity index (χ1n) is 19.8. The Kier molecular flexibility index (Phi) is 8.28. The van der Waals surface area contributed by atoms with Gasteiger partial charge in [0.15, 0.2) is 0 Å². The Morgan fingerprint density at radius 1 is 0.333 bits per heavy atom. The summed E-state index contributed by atoms with van der Waals surface area (Å²) >= 11 is 0. The van der Waals surface area contributed by atoms with E-state index in [2.05, 4.69) is 107 Å². The molecular weight excluding hydrogens is 757 g/mol. The summed E-state index contributed by atoms with van der Waals surface area (Å²) in [5.41, 5.74) is 11.3. The molecule has 294 valence electrons. The average Bonchev–Trinajstić information content (AvgIpc) is 3.88. The molecule has 60 heavy (non-hydrogen) atoms. The van der Waals surface area contributed by atoms with Crippen LogP contribution in [0.4, 0.5) is 17.1 Å². The van der Waals surface area contributed by atoms with Crippen LogP contribution in [0, 0.1) is 30.3 Å². The van der Waals surface area contributed by atoms with Gasteiger partial charge in [-0.3, -0.25) is 30.3 Å². The molecule has 12 nitrogen and oxygen atoms in total. The third-order valence-corrected chi connectivity index (χ3v) is 12.1. The van der Waals surface area contributed by atoms with E-state index in [1.54, 1.807) is 36.4 Å². The summed E-state index contributed by atoms with van der Waals surface area (Å²) in [4.78, 5) is 34.5. The Labute approximate surface area is 341 Å². The van der Waals surface area contributed by atoms with Crippen LogP contribution in [0.2, 0.25) is 0 Å². The zero-order valence-electron chi connectivity index (χ0n) is 32.9. The number of nitrogens with zero attached hydrogens (tertiary/aromatic N) is 6. The lowest BCUT2D eigenvalue weighted by molar-refractivity contribution is -0.384. The van der Waals surface area contributed by atoms with E-state index < -0.39 is 0 Å². The molecule has 0 N–H and O–H groups in total. The maximum absolute atomic E-state index is 11.9. The molecule has 0 aliphatic rings. The zero-order chi connectivity index (χ0) is 41.6. The van der Waals surface area contributed by atoms with E-state index in [9.17, 15) is 30.3 Å². The number of hydrogen-bond donors (Lipinski definition) is 0. The van der Waals surface area contributed by atoms with Crippen LogP contribution in [-0.4, -0.2) is 28.5 Å². The van der Waals surface area contributed by atoms with Crippen LogP contribution in [0.15, 0.2) is 127 Å². The van der Waals surface area contributed by atoms with Crippen molar-refractivity contribution in [3.8, 4) is 33.4 Å². The molecule has 0 saturated heterocycles. The van der Waals surface area contributed by atoms with Gasteiger partial charge in [-0.15, -0.1) is 0 Å². The zero-order valence-corrected chi connectivity index (χ0v) is 32.9. The molecule has 0 atom stereocenters. The van der Waals surface area contributed by atoms with Crippen LogP contribution in [-0.2, 0) is 19.6 Å². The third kappa shape index (κ3) is 5.52. The van der Waals surface area contributed by atoms with Gasteiger partial charge < -0.3 is 13.7 Å². The molecule has 7 aromatic carbocycles. The van der Waals surface area contributed by atoms with Crippen LogP contribution in [0.25, 0.3) is 98.8 Å². The number of aryl methyl sites for hydroxylation is 3. The van der Waals surface area contributed by atoms with E-state index in [4.69, 9.17) is 0 Å². The van der Waals surface area contributed by atoms with Crippen molar-refractivity contribution in [2.24, 2.45) is 0 Å². The van der Waals surface area contributed by atoms with Gasteiger partial charge in [0.1, 0.15) is 0 Å². The molecule has 0 spiro atoms. The number of fused-ring (bicyclic) bond motifs is 9. The number of nitro benzene ring substituents is 3. The molecular formula is C48H36N6O6. The predicted molar refractivity (Wildman–Crippen MR) is 239 cm³/mol. The highest BCUT2D eigenvalue weighted by Gasteiger charge is 2.20. The second kappa shape index (κ2) is 13.6. The van der Waals surface area contributed by atoms with Gasteiger partial charge in [-0.2, -0.15) is 0 Å². The molecule has 0 bridgehead atoms. The van der Waals surface area contributed by atoms with E-state index in [0.29, 0.717) is 19.6 Å². The van der Waals surface area contributed by atoms with Crippen LogP contribution in [0.5, 0.6) is 0 Å². The molecule has 0 fully saturated rings. The predicted octanol–water partition coefficient (Wildman–Crippen LogP) is 12.8. The summed E-state index contributed by atoms with van der Waals surface area (Å²) in [6.07, 6.45) is 0. The van der Waals surface area contributed by atoms with Gasteiger partial charge in [-0.05, 0) is 127 Å². The number of nitro groups is 3. The van der Waals surface area contributed by atoms with Crippen LogP contribution in [0.1, 0.15) is 20.8 Å². The molecule has 10 aromatic rings. The molecule has 12 heteroatoms. The maximum Gasteiger partial charge on any atom is 0.270 e. The van der Waals surface area contributed by atoms with Crippen molar-refractivity contribution in [1.82, 2.24) is 13.7 Å². The minimum Gasteiger partial charge on any atom is -0.341 e. The fourth-order valence-corrected chi connectivity index (χ4v) is 9.31. The Morgan fingerprint density at radius 2 is 0.567 bits per heavy atom. The normalized spacial score (nSPS) is 11.8. The second-order valence-corrected chi connectivity index (χ2v) is 15.1. The van der Waals surface area contributed by atoms with Gasteiger partial charge in [-0.25, -0.2) is 0 Å². The van der Waals surface area contributed by atoms with Crippen LogP contribution >= 0.6 is 0 Å². The fraction of sp³-hybridized carbons (Fsp3) is 0.125. The first kappa shape index (κ1) is 36.5. The maximum atomic E-state index is 11.9. The first-order valence-corrected chi connectivity index (χ1v) is 19.8. The Balaban J connectivity index is 1.23. The van der Waals surface area contributed by atoms with Gasteiger partial charge in [0, 0.05) is 121 Å². The Hall–Kier alpha value is -7.86. The summed E-state index contributed by atoms with van der Waals surface area (Å²) in [6, 6.07) is 40.2. The average molecular weight is 793 g/mol. The minimum atomic E-state index is -0.367. The van der Waals surface area contributed by atoms with Gasteiger partial charge in [0.05, 0.1) is 14.8 Å². The van der Waals surface area contributed by atoms with Gasteiger partial charge in [0.25, 0.3) is 17.1 Å². The Morgan fingerprint density at radius 3 is 0.800 bits per heavy atom. The lowest BCUT2D eigenvalue weighted by Crippen LogP contribution is -1.94. The topological polar surface area (TPSA) is 144 Å². The number of rotatable bonds is 9. The molecule has 0 unspecified atom stereocenters. The number of hydrogen-bond acceptors (Lipinski definition) is 6. The van der Waals surface area contributed by atoms with Crippen molar-refractivity contribution >= 4 is 82.5 Å². The van der Waals surface area contributed by atoms with E-state index in [-0.39, 0.29) is 31.8 Å². The third-order valence-electron chi connectivity index (χ3n) is 12.1. The second-order valence-electron chi connectivity index (χ2n) is 15.1. The largest absolute Gasteiger partial charge is 0.341 e. The highest BCUT2D eigenvalue weighted by molar-refractivity contribution is 6.12. The van der Waals surface area contributed by atoms with Crippen molar-refractivity contribution < 1.29 is 14.8 Å². The van der Waals surface area contributed by atoms with Crippen LogP contribution in [0.3, 0.4) is 0 Å². The summed E-state index contributed by atoms with van der Waals surface area (Å²) in [7, 11) is 0. The van der Waals surface area contributed by atoms with Gasteiger partial charge >= 0.3 is 0 Å². The number of non-ortho nitro benzene ring substituents is 3. The van der Waals surface area contributed by atoms with Crippen molar-refractivity contribution in [2.75, 3.05) is 0 Å². The molecule has 10 rings (SSSR count). The van der Waals surface area contributed by atoms with Crippen molar-refractivity contribution in [3.63, 3.8) is 0 Å². The lowest BCUT2D eigenvalue weighted by Gasteiger charge is -2.13. The van der Waals surface area contributed by atoms with Crippen LogP contribution < -0.4 is 0 Å². The minimum absolute atomic E-state index is 0.0302. The van der Waals surface area contributed by atoms with Gasteiger partial charge in [0.2, 0.25) is 0 Å². The molecule has 0 amide bonds. The Bertz CT molecular complexity index is 3120. The SMILES string of the molecule is CCn1c2ccc(-c3cc(-c4ccc5c(c4)c4cc([N+](=O)[O-])ccc4n5CC)cc(-c4ccc5c(c4)c4cc([N+](=O)[O-])ccc4n5CC)c3)cc2c2cc([N+](=O)[O-])ccc21. The lowest BCUT2D eigenvalue weighted by atomic mass is 9.92. The molecule has 3 aromatic heterocycles. The van der Waals surface area contributed by atoms with E-state index in [1.165, 1.54) is 0 Å². The summed E-state index contributed by atoms with van der Waals surface area (Å²) in [5, 5.41) is 40.7. The van der Waals surface area contributed by atoms with E-state index >= 15 is 0 Å². The fourth-order valence-electron chi connectivity index (χ4n) is 9.31. The molecule has 0 aliphatic carbocycles. The molecule has 0 aliphatic heterocycles. The summed E-state index contributed by atoms with van der Waals surface area (Å²) in [5.74, 6) is 0. The summed E-state index contributed by atoms with van der Waals surface area (Å²) < 4.78 is 6.50. The smallest absolute Gasteiger partial charge is 0.270 e. The number of aromatic nitrogens is 3. The number of benzene rings is 7. The first-order chi connectivity index (χ1) is 29.1. The molecule has 0 saturated carbocycles. The van der Waals surface area contributed by atoms with E-state index in [1.807, 2.05) is 18.2 Å². The van der Waals surface area contributed by atoms with Crippen molar-refractivity contribution in [1.29, 1.82) is 0 Å². The quantitative estimate of drug-likeness (QED) is 0.105. The standard InChI is InChI=1S/C48H36N6O6/c1-4-49-43-13-7-28(22-37(43)40-25-34(52(55)56)10-16-46(40)49)31-19-32(29-8-14-44-38(23-29)41-26-35(53(57)58)11-17-47(41)50(44)5-2)21-33(20-31)30-9-15-45-39(24-30)42-27-36(54(59)60)12-18-48(42)51(45)6-3/h7-27H,4-6H2,1-3H3. The molecule has 3 heterocycles. The van der Waals surface area contributed by atoms with Gasteiger partial charge in [-0.1, -0.05) is 18.2 Å². The molecule has 0 radical (unpaired) electrons. The monoisotopic (exact) mass is 792 g/mol. The van der Waals surface area contributed by atoms with E-state index in [0.717, 1.165) is 98.8 Å². The van der Waals surface area contributed by atoms with Crippen molar-refractivity contribution in [2.45, 2.75) is 40.4 Å². The highest BCUT2D eigenvalue weighted by atomic mass is 16.6.